The van der Waals surface area contributed by atoms with Crippen molar-refractivity contribution in [2.45, 2.75) is 39.8 Å². The Kier molecular flexibility index (Phi) is 5.80. The molecular formula is C18H30N2O. The second kappa shape index (κ2) is 7.39. The van der Waals surface area contributed by atoms with E-state index in [1.54, 1.807) is 0 Å². The molecule has 0 aliphatic carbocycles. The van der Waals surface area contributed by atoms with Gasteiger partial charge in [-0.3, -0.25) is 4.90 Å². The highest BCUT2D eigenvalue weighted by Gasteiger charge is 2.30. The van der Waals surface area contributed by atoms with Crippen molar-refractivity contribution >= 4 is 0 Å². The van der Waals surface area contributed by atoms with Gasteiger partial charge in [0.2, 0.25) is 0 Å². The van der Waals surface area contributed by atoms with Crippen molar-refractivity contribution in [1.29, 1.82) is 0 Å². The van der Waals surface area contributed by atoms with Crippen LogP contribution in [0.2, 0.25) is 0 Å². The predicted octanol–water partition coefficient (Wildman–Crippen LogP) is 2.51. The first-order valence-electron chi connectivity index (χ1n) is 8.11. The number of aliphatic hydroxyl groups is 1. The number of hydrogen-bond donors (Lipinski definition) is 2. The van der Waals surface area contributed by atoms with Crippen LogP contribution in [0.15, 0.2) is 30.3 Å². The fourth-order valence-electron chi connectivity index (χ4n) is 3.10. The molecule has 21 heavy (non-hydrogen) atoms. The first-order valence-corrected chi connectivity index (χ1v) is 8.11. The number of nitrogens with one attached hydrogen (secondary N) is 1. The molecule has 1 heterocycles. The molecule has 1 aromatic rings. The van der Waals surface area contributed by atoms with Crippen molar-refractivity contribution in [3.8, 4) is 0 Å². The van der Waals surface area contributed by atoms with E-state index in [0.29, 0.717) is 12.0 Å². The summed E-state index contributed by atoms with van der Waals surface area (Å²) in [6.45, 7) is 11.3. The molecule has 2 atom stereocenters. The number of aliphatic hydroxyl groups excluding tert-OH is 1. The summed E-state index contributed by atoms with van der Waals surface area (Å²) in [7, 11) is 0. The minimum atomic E-state index is 0.168. The number of benzene rings is 1. The highest BCUT2D eigenvalue weighted by Crippen LogP contribution is 2.22. The number of rotatable bonds is 7. The summed E-state index contributed by atoms with van der Waals surface area (Å²) in [6, 6.07) is 11.3. The zero-order valence-electron chi connectivity index (χ0n) is 13.7. The molecule has 1 aliphatic rings. The molecule has 0 aromatic heterocycles. The van der Waals surface area contributed by atoms with Gasteiger partial charge >= 0.3 is 0 Å². The molecule has 0 amide bonds. The van der Waals surface area contributed by atoms with Gasteiger partial charge in [-0.1, -0.05) is 51.1 Å². The van der Waals surface area contributed by atoms with Crippen LogP contribution in [-0.4, -0.2) is 42.3 Å². The number of nitrogens with zero attached hydrogens (tertiary/aromatic N) is 1. The lowest BCUT2D eigenvalue weighted by Gasteiger charge is -2.27. The van der Waals surface area contributed by atoms with Gasteiger partial charge in [0.05, 0.1) is 0 Å². The van der Waals surface area contributed by atoms with Crippen LogP contribution in [0.5, 0.6) is 0 Å². The fraction of sp³-hybridized carbons (Fsp3) is 0.667. The fourth-order valence-corrected chi connectivity index (χ4v) is 3.10. The first-order chi connectivity index (χ1) is 10.00. The van der Waals surface area contributed by atoms with Gasteiger partial charge < -0.3 is 10.4 Å². The number of hydrogen-bond acceptors (Lipinski definition) is 3. The van der Waals surface area contributed by atoms with Gasteiger partial charge in [-0.2, -0.15) is 0 Å². The van der Waals surface area contributed by atoms with E-state index in [0.717, 1.165) is 32.6 Å². The maximum Gasteiger partial charge on any atom is 0.0436 e. The Morgan fingerprint density at radius 3 is 2.62 bits per heavy atom. The SMILES string of the molecule is C[C@@H]1CN(Cc2ccccc2)C[C@@H]1NCC(C)(C)CCO. The van der Waals surface area contributed by atoms with E-state index >= 15 is 0 Å². The summed E-state index contributed by atoms with van der Waals surface area (Å²) < 4.78 is 0. The van der Waals surface area contributed by atoms with E-state index in [4.69, 9.17) is 5.11 Å². The molecule has 1 aliphatic heterocycles. The van der Waals surface area contributed by atoms with Crippen molar-refractivity contribution < 1.29 is 5.11 Å². The highest BCUT2D eigenvalue weighted by atomic mass is 16.3. The molecular weight excluding hydrogens is 260 g/mol. The molecule has 2 rings (SSSR count). The molecule has 0 radical (unpaired) electrons. The molecule has 2 N–H and O–H groups in total. The van der Waals surface area contributed by atoms with Crippen LogP contribution in [0.3, 0.4) is 0 Å². The van der Waals surface area contributed by atoms with Crippen molar-refractivity contribution in [3.63, 3.8) is 0 Å². The third-order valence-electron chi connectivity index (χ3n) is 4.57. The maximum atomic E-state index is 9.12. The van der Waals surface area contributed by atoms with Crippen molar-refractivity contribution in [2.75, 3.05) is 26.2 Å². The van der Waals surface area contributed by atoms with E-state index in [1.807, 2.05) is 0 Å². The van der Waals surface area contributed by atoms with Crippen LogP contribution < -0.4 is 5.32 Å². The Morgan fingerprint density at radius 1 is 1.24 bits per heavy atom. The summed E-state index contributed by atoms with van der Waals surface area (Å²) in [5.74, 6) is 0.679. The van der Waals surface area contributed by atoms with Crippen LogP contribution in [0.1, 0.15) is 32.8 Å². The van der Waals surface area contributed by atoms with Crippen molar-refractivity contribution in [2.24, 2.45) is 11.3 Å². The smallest absolute Gasteiger partial charge is 0.0436 e. The van der Waals surface area contributed by atoms with Crippen molar-refractivity contribution in [1.82, 2.24) is 10.2 Å². The Morgan fingerprint density at radius 2 is 1.95 bits per heavy atom. The van der Waals surface area contributed by atoms with Crippen molar-refractivity contribution in [3.05, 3.63) is 35.9 Å². The summed E-state index contributed by atoms with van der Waals surface area (Å²) in [6.07, 6.45) is 0.856. The molecule has 0 saturated carbocycles. The monoisotopic (exact) mass is 290 g/mol. The summed E-state index contributed by atoms with van der Waals surface area (Å²) >= 11 is 0. The minimum absolute atomic E-state index is 0.168. The average molecular weight is 290 g/mol. The Bertz CT molecular complexity index is 418. The molecule has 0 bridgehead atoms. The molecule has 0 spiro atoms. The molecule has 3 heteroatoms. The van der Waals surface area contributed by atoms with Crippen LogP contribution in [0.25, 0.3) is 0 Å². The zero-order valence-corrected chi connectivity index (χ0v) is 13.7. The Hall–Kier alpha value is -0.900. The van der Waals surface area contributed by atoms with E-state index in [-0.39, 0.29) is 12.0 Å². The largest absolute Gasteiger partial charge is 0.396 e. The Balaban J connectivity index is 1.81. The van der Waals surface area contributed by atoms with Gasteiger partial charge in [-0.15, -0.1) is 0 Å². The van der Waals surface area contributed by atoms with Gasteiger partial charge in [0.1, 0.15) is 0 Å². The van der Waals surface area contributed by atoms with Gasteiger partial charge in [0.25, 0.3) is 0 Å². The molecule has 1 aromatic carbocycles. The summed E-state index contributed by atoms with van der Waals surface area (Å²) in [5, 5.41) is 12.8. The van der Waals surface area contributed by atoms with Crippen LogP contribution in [-0.2, 0) is 6.54 Å². The van der Waals surface area contributed by atoms with Gasteiger partial charge in [-0.05, 0) is 23.3 Å². The second-order valence-corrected chi connectivity index (χ2v) is 7.28. The average Bonchev–Trinajstić information content (AvgIpc) is 2.78. The zero-order chi connectivity index (χ0) is 15.3. The van der Waals surface area contributed by atoms with E-state index in [9.17, 15) is 0 Å². The van der Waals surface area contributed by atoms with Crippen LogP contribution in [0, 0.1) is 11.3 Å². The lowest BCUT2D eigenvalue weighted by Crippen LogP contribution is -2.41. The lowest BCUT2D eigenvalue weighted by molar-refractivity contribution is 0.200. The topological polar surface area (TPSA) is 35.5 Å². The molecule has 0 unspecified atom stereocenters. The molecule has 3 nitrogen and oxygen atoms in total. The summed E-state index contributed by atoms with van der Waals surface area (Å²) in [4.78, 5) is 2.54. The third kappa shape index (κ3) is 5.10. The minimum Gasteiger partial charge on any atom is -0.396 e. The van der Waals surface area contributed by atoms with Gasteiger partial charge in [-0.25, -0.2) is 0 Å². The van der Waals surface area contributed by atoms with Crippen LogP contribution in [0.4, 0.5) is 0 Å². The lowest BCUT2D eigenvalue weighted by atomic mass is 9.89. The van der Waals surface area contributed by atoms with Gasteiger partial charge in [0, 0.05) is 38.8 Å². The van der Waals surface area contributed by atoms with E-state index < -0.39 is 0 Å². The first kappa shape index (κ1) is 16.5. The molecule has 1 saturated heterocycles. The van der Waals surface area contributed by atoms with Crippen LogP contribution >= 0.6 is 0 Å². The maximum absolute atomic E-state index is 9.12. The molecule has 1 fully saturated rings. The third-order valence-corrected chi connectivity index (χ3v) is 4.57. The van der Waals surface area contributed by atoms with E-state index in [1.165, 1.54) is 5.56 Å². The number of likely N-dealkylation sites (tertiary alicyclic amines) is 1. The Labute approximate surface area is 129 Å². The summed E-state index contributed by atoms with van der Waals surface area (Å²) in [5.41, 5.74) is 1.56. The normalized spacial score (nSPS) is 23.6. The van der Waals surface area contributed by atoms with Gasteiger partial charge in [0.15, 0.2) is 0 Å². The van der Waals surface area contributed by atoms with E-state index in [2.05, 4.69) is 61.3 Å². The quantitative estimate of drug-likeness (QED) is 0.810. The standard InChI is InChI=1S/C18H30N2O/c1-15-11-20(12-16-7-5-4-6-8-16)13-17(15)19-14-18(2,3)9-10-21/h4-8,15,17,19,21H,9-14H2,1-3H3/t15-,17+/m1/s1. The second-order valence-electron chi connectivity index (χ2n) is 7.28. The highest BCUT2D eigenvalue weighted by molar-refractivity contribution is 5.14. The molecule has 118 valence electrons. The predicted molar refractivity (Wildman–Crippen MR) is 88.2 cm³/mol.